The van der Waals surface area contributed by atoms with Crippen molar-refractivity contribution < 1.29 is 31.5 Å². The molecule has 13 heteroatoms. The van der Waals surface area contributed by atoms with Crippen molar-refractivity contribution in [3.05, 3.63) is 47.0 Å². The molecule has 2 aromatic heterocycles. The molecule has 2 atom stereocenters. The number of nitrogens with zero attached hydrogens (tertiary/aromatic N) is 2. The summed E-state index contributed by atoms with van der Waals surface area (Å²) >= 11 is 0. The molecular weight excluding hydrogens is 511 g/mol. The molecule has 3 aromatic rings. The quantitative estimate of drug-likeness (QED) is 0.286. The van der Waals surface area contributed by atoms with E-state index in [1.807, 2.05) is 0 Å². The number of hydrogen-bond acceptors (Lipinski definition) is 4. The summed E-state index contributed by atoms with van der Waals surface area (Å²) in [6, 6.07) is 3.88. The number of halogens is 5. The van der Waals surface area contributed by atoms with E-state index in [2.05, 4.69) is 30.8 Å². The Kier molecular flexibility index (Phi) is 7.75. The van der Waals surface area contributed by atoms with Gasteiger partial charge in [0.1, 0.15) is 5.82 Å². The normalized spacial score (nSPS) is 17.8. The zero-order valence-corrected chi connectivity index (χ0v) is 20.9. The lowest BCUT2D eigenvalue weighted by Gasteiger charge is -2.33. The molecule has 2 amide bonds. The lowest BCUT2D eigenvalue weighted by molar-refractivity contribution is -0.144. The second kappa shape index (κ2) is 10.7. The molecule has 4 rings (SSSR count). The van der Waals surface area contributed by atoms with Crippen molar-refractivity contribution in [1.82, 2.24) is 30.8 Å². The Bertz CT molecular complexity index is 1290. The van der Waals surface area contributed by atoms with Crippen molar-refractivity contribution >= 4 is 22.8 Å². The van der Waals surface area contributed by atoms with Crippen molar-refractivity contribution in [1.29, 1.82) is 0 Å². The molecule has 0 radical (unpaired) electrons. The molecule has 1 aromatic carbocycles. The molecule has 0 saturated heterocycles. The van der Waals surface area contributed by atoms with E-state index in [4.69, 9.17) is 0 Å². The van der Waals surface area contributed by atoms with Gasteiger partial charge in [0.15, 0.2) is 0 Å². The molecule has 206 valence electrons. The monoisotopic (exact) mass is 540 g/mol. The second-order valence-electron chi connectivity index (χ2n) is 9.86. The third-order valence-electron chi connectivity index (χ3n) is 6.93. The highest BCUT2D eigenvalue weighted by Crippen LogP contribution is 2.41. The predicted molar refractivity (Wildman–Crippen MR) is 128 cm³/mol. The number of nitrogens with one attached hydrogen (secondary N) is 4. The lowest BCUT2D eigenvalue weighted by atomic mass is 9.81. The Morgan fingerprint density at radius 1 is 1.18 bits per heavy atom. The summed E-state index contributed by atoms with van der Waals surface area (Å²) in [5.41, 5.74) is 2.68. The van der Waals surface area contributed by atoms with E-state index in [0.29, 0.717) is 33.7 Å². The van der Waals surface area contributed by atoms with Crippen molar-refractivity contribution in [2.45, 2.75) is 76.6 Å². The Hall–Kier alpha value is -3.51. The summed E-state index contributed by atoms with van der Waals surface area (Å²) in [5, 5.41) is 12.1. The molecule has 0 aliphatic heterocycles. The molecule has 1 aliphatic carbocycles. The summed E-state index contributed by atoms with van der Waals surface area (Å²) in [4.78, 5) is 32.7. The van der Waals surface area contributed by atoms with Gasteiger partial charge in [-0.3, -0.25) is 14.7 Å². The molecule has 1 saturated carbocycles. The zero-order valence-electron chi connectivity index (χ0n) is 20.9. The summed E-state index contributed by atoms with van der Waals surface area (Å²) < 4.78 is 64.9. The number of imidazole rings is 1. The minimum absolute atomic E-state index is 0.200. The SMILES string of the molecule is Cc1[nH]ncc1C(=O)N[C@H](c1nc2ccc([C@@H](C)NC(=O)CCC(F)(F)F)cc2[nH]1)C1CCC(F)(F)CC1. The van der Waals surface area contributed by atoms with Crippen LogP contribution in [0.1, 0.15) is 85.0 Å². The second-order valence-corrected chi connectivity index (χ2v) is 9.86. The molecule has 0 spiro atoms. The van der Waals surface area contributed by atoms with Gasteiger partial charge in [-0.15, -0.1) is 0 Å². The van der Waals surface area contributed by atoms with Crippen LogP contribution < -0.4 is 10.6 Å². The van der Waals surface area contributed by atoms with Gasteiger partial charge in [0.05, 0.1) is 41.3 Å². The Morgan fingerprint density at radius 3 is 2.53 bits per heavy atom. The predicted octanol–water partition coefficient (Wildman–Crippen LogP) is 5.41. The molecule has 8 nitrogen and oxygen atoms in total. The third-order valence-corrected chi connectivity index (χ3v) is 6.93. The molecule has 2 heterocycles. The molecule has 1 aliphatic rings. The minimum Gasteiger partial charge on any atom is -0.350 e. The van der Waals surface area contributed by atoms with Crippen LogP contribution in [-0.4, -0.2) is 44.1 Å². The molecule has 0 bridgehead atoms. The van der Waals surface area contributed by atoms with Crippen LogP contribution in [0.3, 0.4) is 0 Å². The first-order valence-corrected chi connectivity index (χ1v) is 12.4. The fourth-order valence-corrected chi connectivity index (χ4v) is 4.72. The average Bonchev–Trinajstić information content (AvgIpc) is 3.46. The van der Waals surface area contributed by atoms with E-state index in [1.165, 1.54) is 6.20 Å². The maximum absolute atomic E-state index is 13.9. The minimum atomic E-state index is -4.41. The number of benzene rings is 1. The van der Waals surface area contributed by atoms with E-state index in [1.54, 1.807) is 32.0 Å². The highest BCUT2D eigenvalue weighted by molar-refractivity contribution is 5.95. The number of fused-ring (bicyclic) bond motifs is 1. The van der Waals surface area contributed by atoms with Gasteiger partial charge < -0.3 is 15.6 Å². The van der Waals surface area contributed by atoms with Gasteiger partial charge in [0, 0.05) is 25.0 Å². The van der Waals surface area contributed by atoms with Crippen LogP contribution in [0.2, 0.25) is 0 Å². The van der Waals surface area contributed by atoms with E-state index in [0.717, 1.165) is 0 Å². The van der Waals surface area contributed by atoms with Crippen LogP contribution in [0.4, 0.5) is 22.0 Å². The number of carbonyl (C=O) groups is 2. The fourth-order valence-electron chi connectivity index (χ4n) is 4.72. The van der Waals surface area contributed by atoms with Gasteiger partial charge >= 0.3 is 6.18 Å². The topological polar surface area (TPSA) is 116 Å². The van der Waals surface area contributed by atoms with Gasteiger partial charge in [0.2, 0.25) is 11.8 Å². The van der Waals surface area contributed by atoms with Crippen LogP contribution in [0, 0.1) is 12.8 Å². The fraction of sp³-hybridized carbons (Fsp3) is 0.520. The van der Waals surface area contributed by atoms with Gasteiger partial charge in [-0.2, -0.15) is 18.3 Å². The first-order valence-electron chi connectivity index (χ1n) is 12.4. The first-order chi connectivity index (χ1) is 17.8. The van der Waals surface area contributed by atoms with Crippen LogP contribution in [-0.2, 0) is 4.79 Å². The Morgan fingerprint density at radius 2 is 1.89 bits per heavy atom. The largest absolute Gasteiger partial charge is 0.389 e. The standard InChI is InChI=1S/C25H29F5N6O2/c1-13(32-20(37)7-10-25(28,29)30)16-3-4-18-19(11-16)34-22(33-18)21(15-5-8-24(26,27)9-6-15)35-23(38)17-12-31-36-14(17)2/h3-4,11-13,15,21H,5-10H2,1-2H3,(H,31,36)(H,32,37)(H,33,34)(H,35,38)/t13-,21+/m1/s1. The van der Waals surface area contributed by atoms with E-state index in [9.17, 15) is 31.5 Å². The summed E-state index contributed by atoms with van der Waals surface area (Å²) in [5.74, 6) is -3.74. The van der Waals surface area contributed by atoms with Crippen LogP contribution in [0.5, 0.6) is 0 Å². The number of carbonyl (C=O) groups excluding carboxylic acids is 2. The number of amides is 2. The molecule has 0 unspecified atom stereocenters. The smallest absolute Gasteiger partial charge is 0.350 e. The number of H-pyrrole nitrogens is 2. The van der Waals surface area contributed by atoms with Gasteiger partial charge in [-0.05, 0) is 50.3 Å². The highest BCUT2D eigenvalue weighted by atomic mass is 19.4. The Labute approximate surface area is 215 Å². The van der Waals surface area contributed by atoms with Crippen molar-refractivity contribution in [2.75, 3.05) is 0 Å². The number of aromatic amines is 2. The van der Waals surface area contributed by atoms with Crippen LogP contribution in [0.15, 0.2) is 24.4 Å². The molecule has 38 heavy (non-hydrogen) atoms. The number of rotatable bonds is 8. The zero-order chi connectivity index (χ0) is 27.7. The van der Waals surface area contributed by atoms with Crippen LogP contribution >= 0.6 is 0 Å². The van der Waals surface area contributed by atoms with Crippen molar-refractivity contribution in [2.24, 2.45) is 5.92 Å². The maximum Gasteiger partial charge on any atom is 0.389 e. The highest BCUT2D eigenvalue weighted by Gasteiger charge is 2.39. The third kappa shape index (κ3) is 6.67. The molecule has 1 fully saturated rings. The number of alkyl halides is 5. The number of aromatic nitrogens is 4. The summed E-state index contributed by atoms with van der Waals surface area (Å²) in [7, 11) is 0. The summed E-state index contributed by atoms with van der Waals surface area (Å²) in [6.45, 7) is 3.35. The van der Waals surface area contributed by atoms with Crippen molar-refractivity contribution in [3.63, 3.8) is 0 Å². The maximum atomic E-state index is 13.9. The van der Waals surface area contributed by atoms with E-state index < -0.39 is 48.8 Å². The lowest BCUT2D eigenvalue weighted by Crippen LogP contribution is -2.37. The number of aryl methyl sites for hydroxylation is 1. The van der Waals surface area contributed by atoms with E-state index in [-0.39, 0.29) is 31.6 Å². The van der Waals surface area contributed by atoms with Gasteiger partial charge in [-0.25, -0.2) is 13.8 Å². The summed E-state index contributed by atoms with van der Waals surface area (Å²) in [6.07, 6.45) is -5.06. The van der Waals surface area contributed by atoms with Gasteiger partial charge in [-0.1, -0.05) is 6.07 Å². The van der Waals surface area contributed by atoms with E-state index >= 15 is 0 Å². The number of hydrogen-bond donors (Lipinski definition) is 4. The average molecular weight is 541 g/mol. The van der Waals surface area contributed by atoms with Crippen LogP contribution in [0.25, 0.3) is 11.0 Å². The first kappa shape index (κ1) is 27.5. The molecular formula is C25H29F5N6O2. The van der Waals surface area contributed by atoms with Gasteiger partial charge in [0.25, 0.3) is 5.91 Å². The van der Waals surface area contributed by atoms with Crippen molar-refractivity contribution in [3.8, 4) is 0 Å². The Balaban J connectivity index is 1.55. The molecule has 4 N–H and O–H groups in total.